The van der Waals surface area contributed by atoms with Gasteiger partial charge >= 0.3 is 18.0 Å². The van der Waals surface area contributed by atoms with E-state index in [-0.39, 0.29) is 64.5 Å². The molecular formula is C18H23N3O9. The number of carbonyl (C=O) groups is 7. The van der Waals surface area contributed by atoms with Crippen molar-refractivity contribution in [3.05, 3.63) is 0 Å². The Kier molecular flexibility index (Phi) is 8.44. The maximum atomic E-state index is 11.6. The minimum Gasteiger partial charge on any atom is -0.446 e. The first-order valence-electron chi connectivity index (χ1n) is 9.61. The number of nitrogens with one attached hydrogen (secondary N) is 2. The standard InChI is InChI=1S/C18H23N3O9/c22-11-5-6-12(23)17(11)29-15(26)3-1-9-19-18(28)20-10-2-4-16(27)30-21-13(24)7-8-14(21)25/h17H,1-10H2,(H2,19,20,28). The summed E-state index contributed by atoms with van der Waals surface area (Å²) in [5.41, 5.74) is 0. The second-order valence-corrected chi connectivity index (χ2v) is 6.74. The van der Waals surface area contributed by atoms with Gasteiger partial charge in [-0.1, -0.05) is 0 Å². The van der Waals surface area contributed by atoms with E-state index in [9.17, 15) is 33.6 Å². The lowest BCUT2D eigenvalue weighted by Crippen LogP contribution is -2.37. The molecule has 1 heterocycles. The third kappa shape index (κ3) is 6.94. The second-order valence-electron chi connectivity index (χ2n) is 6.74. The fraction of sp³-hybridized carbons (Fsp3) is 0.611. The maximum absolute atomic E-state index is 11.6. The molecular weight excluding hydrogens is 402 g/mol. The molecule has 0 aromatic carbocycles. The predicted molar refractivity (Wildman–Crippen MR) is 96.2 cm³/mol. The lowest BCUT2D eigenvalue weighted by atomic mass is 10.2. The van der Waals surface area contributed by atoms with Crippen LogP contribution in [0.5, 0.6) is 0 Å². The van der Waals surface area contributed by atoms with Crippen LogP contribution >= 0.6 is 0 Å². The van der Waals surface area contributed by atoms with Crippen LogP contribution < -0.4 is 10.6 Å². The van der Waals surface area contributed by atoms with Crippen LogP contribution in [0.25, 0.3) is 0 Å². The highest BCUT2D eigenvalue weighted by molar-refractivity contribution is 6.12. The third-order valence-electron chi connectivity index (χ3n) is 4.34. The Balaban J connectivity index is 1.49. The first-order valence-corrected chi connectivity index (χ1v) is 9.61. The van der Waals surface area contributed by atoms with E-state index in [4.69, 9.17) is 4.74 Å². The number of rotatable bonds is 10. The van der Waals surface area contributed by atoms with Crippen molar-refractivity contribution in [2.45, 2.75) is 57.5 Å². The zero-order valence-corrected chi connectivity index (χ0v) is 16.3. The van der Waals surface area contributed by atoms with Gasteiger partial charge in [0.15, 0.2) is 11.6 Å². The van der Waals surface area contributed by atoms with Crippen LogP contribution in [0.2, 0.25) is 0 Å². The Morgan fingerprint density at radius 1 is 0.800 bits per heavy atom. The summed E-state index contributed by atoms with van der Waals surface area (Å²) in [7, 11) is 0. The number of urea groups is 1. The van der Waals surface area contributed by atoms with Gasteiger partial charge in [0.25, 0.3) is 11.8 Å². The minimum absolute atomic E-state index is 0.0163. The lowest BCUT2D eigenvalue weighted by Gasteiger charge is -2.12. The molecule has 0 bridgehead atoms. The summed E-state index contributed by atoms with van der Waals surface area (Å²) < 4.78 is 4.85. The molecule has 164 valence electrons. The average Bonchev–Trinajstić information content (AvgIpc) is 3.19. The second kappa shape index (κ2) is 11.0. The number of imide groups is 1. The van der Waals surface area contributed by atoms with Crippen LogP contribution in [-0.2, 0) is 38.3 Å². The SMILES string of the molecule is O=C(NCCCC(=O)OC1C(=O)CCC1=O)NCCCC(=O)ON1C(=O)CCC1=O. The molecule has 2 rings (SSSR count). The van der Waals surface area contributed by atoms with Crippen molar-refractivity contribution < 1.29 is 43.1 Å². The highest BCUT2D eigenvalue weighted by Crippen LogP contribution is 2.15. The molecule has 0 spiro atoms. The Morgan fingerprint density at radius 2 is 1.30 bits per heavy atom. The molecule has 0 radical (unpaired) electrons. The largest absolute Gasteiger partial charge is 0.446 e. The summed E-state index contributed by atoms with van der Waals surface area (Å²) in [5, 5.41) is 5.46. The molecule has 30 heavy (non-hydrogen) atoms. The molecule has 1 saturated heterocycles. The normalized spacial score (nSPS) is 16.7. The Bertz CT molecular complexity index is 657. The van der Waals surface area contributed by atoms with Crippen molar-refractivity contribution in [3.8, 4) is 0 Å². The van der Waals surface area contributed by atoms with E-state index in [1.807, 2.05) is 0 Å². The number of amides is 4. The van der Waals surface area contributed by atoms with Crippen molar-refractivity contribution >= 4 is 41.4 Å². The van der Waals surface area contributed by atoms with Gasteiger partial charge in [-0.3, -0.25) is 24.0 Å². The number of carbonyl (C=O) groups excluding carboxylic acids is 7. The quantitative estimate of drug-likeness (QED) is 0.199. The van der Waals surface area contributed by atoms with Crippen molar-refractivity contribution in [1.82, 2.24) is 15.7 Å². The van der Waals surface area contributed by atoms with Crippen LogP contribution in [0.3, 0.4) is 0 Å². The van der Waals surface area contributed by atoms with Crippen molar-refractivity contribution in [2.75, 3.05) is 13.1 Å². The topological polar surface area (TPSA) is 165 Å². The number of hydrogen-bond donors (Lipinski definition) is 2. The molecule has 0 aromatic rings. The molecule has 2 aliphatic rings. The fourth-order valence-corrected chi connectivity index (χ4v) is 2.75. The summed E-state index contributed by atoms with van der Waals surface area (Å²) in [6.07, 6.45) is -0.745. The molecule has 1 aliphatic carbocycles. The van der Waals surface area contributed by atoms with Crippen molar-refractivity contribution in [1.29, 1.82) is 0 Å². The minimum atomic E-state index is -1.29. The van der Waals surface area contributed by atoms with Crippen molar-refractivity contribution in [2.24, 2.45) is 0 Å². The van der Waals surface area contributed by atoms with E-state index < -0.39 is 47.5 Å². The highest BCUT2D eigenvalue weighted by Gasteiger charge is 2.36. The van der Waals surface area contributed by atoms with Gasteiger partial charge in [0.05, 0.1) is 0 Å². The van der Waals surface area contributed by atoms with Gasteiger partial charge in [-0.05, 0) is 12.8 Å². The number of hydrogen-bond acceptors (Lipinski definition) is 9. The van der Waals surface area contributed by atoms with E-state index >= 15 is 0 Å². The molecule has 0 atom stereocenters. The zero-order chi connectivity index (χ0) is 22.1. The number of esters is 1. The van der Waals surface area contributed by atoms with E-state index in [0.717, 1.165) is 0 Å². The van der Waals surface area contributed by atoms with Crippen LogP contribution in [-0.4, -0.2) is 65.6 Å². The predicted octanol–water partition coefficient (Wildman–Crippen LogP) is -0.703. The van der Waals surface area contributed by atoms with Gasteiger partial charge in [-0.2, -0.15) is 0 Å². The van der Waals surface area contributed by atoms with E-state index in [2.05, 4.69) is 15.5 Å². The maximum Gasteiger partial charge on any atom is 0.333 e. The molecule has 2 fully saturated rings. The lowest BCUT2D eigenvalue weighted by molar-refractivity contribution is -0.197. The van der Waals surface area contributed by atoms with Gasteiger partial charge in [0, 0.05) is 51.6 Å². The summed E-state index contributed by atoms with van der Waals surface area (Å²) in [6.45, 7) is 0.311. The Labute approximate surface area is 171 Å². The van der Waals surface area contributed by atoms with Gasteiger partial charge in [0.1, 0.15) is 0 Å². The molecule has 12 nitrogen and oxygen atoms in total. The molecule has 4 amide bonds. The summed E-state index contributed by atoms with van der Waals surface area (Å²) >= 11 is 0. The van der Waals surface area contributed by atoms with Crippen molar-refractivity contribution in [3.63, 3.8) is 0 Å². The first kappa shape index (κ1) is 23.0. The smallest absolute Gasteiger partial charge is 0.333 e. The van der Waals surface area contributed by atoms with Gasteiger partial charge < -0.3 is 20.2 Å². The zero-order valence-electron chi connectivity index (χ0n) is 16.3. The Morgan fingerprint density at radius 3 is 1.83 bits per heavy atom. The number of nitrogens with zero attached hydrogens (tertiary/aromatic N) is 1. The van der Waals surface area contributed by atoms with Crippen LogP contribution in [0.15, 0.2) is 0 Å². The molecule has 2 N–H and O–H groups in total. The van der Waals surface area contributed by atoms with Gasteiger partial charge in [-0.25, -0.2) is 9.59 Å². The molecule has 0 aromatic heterocycles. The summed E-state index contributed by atoms with van der Waals surface area (Å²) in [4.78, 5) is 85.0. The van der Waals surface area contributed by atoms with Gasteiger partial charge in [0.2, 0.25) is 6.10 Å². The fourth-order valence-electron chi connectivity index (χ4n) is 2.75. The monoisotopic (exact) mass is 425 g/mol. The number of ether oxygens (including phenoxy) is 1. The van der Waals surface area contributed by atoms with Gasteiger partial charge in [-0.15, -0.1) is 5.06 Å². The van der Waals surface area contributed by atoms with E-state index in [1.54, 1.807) is 0 Å². The first-order chi connectivity index (χ1) is 14.3. The van der Waals surface area contributed by atoms with E-state index in [1.165, 1.54) is 0 Å². The molecule has 1 aliphatic heterocycles. The average molecular weight is 425 g/mol. The third-order valence-corrected chi connectivity index (χ3v) is 4.34. The summed E-state index contributed by atoms with van der Waals surface area (Å²) in [5.74, 6) is -3.34. The molecule has 12 heteroatoms. The van der Waals surface area contributed by atoms with Crippen LogP contribution in [0, 0.1) is 0 Å². The highest BCUT2D eigenvalue weighted by atomic mass is 16.7. The Hall–Kier alpha value is -3.31. The van der Waals surface area contributed by atoms with E-state index in [0.29, 0.717) is 5.06 Å². The summed E-state index contributed by atoms with van der Waals surface area (Å²) in [6, 6.07) is -0.511. The molecule has 1 saturated carbocycles. The number of ketones is 2. The van der Waals surface area contributed by atoms with Crippen LogP contribution in [0.4, 0.5) is 4.79 Å². The number of Topliss-reactive ketones (excluding diaryl/α,β-unsaturated/α-hetero) is 2. The number of hydroxylamine groups is 2. The molecule has 0 unspecified atom stereocenters. The van der Waals surface area contributed by atoms with Crippen LogP contribution in [0.1, 0.15) is 51.4 Å².